The van der Waals surface area contributed by atoms with E-state index in [1.807, 2.05) is 53.1 Å². The summed E-state index contributed by atoms with van der Waals surface area (Å²) in [4.78, 5) is 13.3. The van der Waals surface area contributed by atoms with Crippen LogP contribution in [0.25, 0.3) is 22.0 Å². The Bertz CT molecular complexity index is 1190. The first-order valence-corrected chi connectivity index (χ1v) is 9.77. The van der Waals surface area contributed by atoms with E-state index in [4.69, 9.17) is 0 Å². The standard InChI is InChI=1S/C24H20BrNO/c1-16-7-8-20(17(2)13-16)15-26-23(18-9-11-21(25)12-10-18)14-19-5-3-4-6-22(19)24(26)27/h3-14H,15H2,1-2H3. The molecule has 4 rings (SSSR count). The molecule has 27 heavy (non-hydrogen) atoms. The maximum absolute atomic E-state index is 13.3. The molecule has 0 atom stereocenters. The molecular weight excluding hydrogens is 398 g/mol. The lowest BCUT2D eigenvalue weighted by molar-refractivity contribution is 0.772. The summed E-state index contributed by atoms with van der Waals surface area (Å²) in [6, 6.07) is 24.4. The Morgan fingerprint density at radius 2 is 1.63 bits per heavy atom. The van der Waals surface area contributed by atoms with Crippen molar-refractivity contribution in [2.75, 3.05) is 0 Å². The quantitative estimate of drug-likeness (QED) is 0.394. The number of hydrogen-bond donors (Lipinski definition) is 0. The monoisotopic (exact) mass is 417 g/mol. The highest BCUT2D eigenvalue weighted by Gasteiger charge is 2.12. The topological polar surface area (TPSA) is 22.0 Å². The molecule has 0 unspecified atom stereocenters. The van der Waals surface area contributed by atoms with Crippen molar-refractivity contribution in [1.82, 2.24) is 4.57 Å². The van der Waals surface area contributed by atoms with Crippen LogP contribution in [0, 0.1) is 13.8 Å². The van der Waals surface area contributed by atoms with Crippen LogP contribution in [0.15, 0.2) is 82.1 Å². The van der Waals surface area contributed by atoms with E-state index in [0.29, 0.717) is 6.54 Å². The summed E-state index contributed by atoms with van der Waals surface area (Å²) in [6.45, 7) is 4.75. The highest BCUT2D eigenvalue weighted by atomic mass is 79.9. The minimum atomic E-state index is 0.0472. The molecule has 0 N–H and O–H groups in total. The van der Waals surface area contributed by atoms with E-state index in [9.17, 15) is 4.79 Å². The number of benzene rings is 3. The van der Waals surface area contributed by atoms with Gasteiger partial charge in [0.05, 0.1) is 12.2 Å². The normalized spacial score (nSPS) is 11.1. The van der Waals surface area contributed by atoms with Crippen molar-refractivity contribution in [2.24, 2.45) is 0 Å². The average Bonchev–Trinajstić information content (AvgIpc) is 2.66. The lowest BCUT2D eigenvalue weighted by atomic mass is 10.0. The van der Waals surface area contributed by atoms with Crippen molar-refractivity contribution in [2.45, 2.75) is 20.4 Å². The van der Waals surface area contributed by atoms with E-state index in [2.05, 4.69) is 54.0 Å². The van der Waals surface area contributed by atoms with Crippen LogP contribution in [0.1, 0.15) is 16.7 Å². The Labute approximate surface area is 167 Å². The van der Waals surface area contributed by atoms with Crippen LogP contribution < -0.4 is 5.56 Å². The second-order valence-corrected chi connectivity index (χ2v) is 7.86. The molecule has 0 aliphatic carbocycles. The lowest BCUT2D eigenvalue weighted by Crippen LogP contribution is -2.23. The van der Waals surface area contributed by atoms with Crippen LogP contribution in [-0.4, -0.2) is 4.57 Å². The van der Waals surface area contributed by atoms with E-state index in [0.717, 1.165) is 32.1 Å². The molecule has 0 bridgehead atoms. The van der Waals surface area contributed by atoms with Gasteiger partial charge in [-0.1, -0.05) is 70.0 Å². The van der Waals surface area contributed by atoms with Crippen molar-refractivity contribution in [3.8, 4) is 11.3 Å². The van der Waals surface area contributed by atoms with E-state index >= 15 is 0 Å². The Hall–Kier alpha value is -2.65. The average molecular weight is 418 g/mol. The van der Waals surface area contributed by atoms with Gasteiger partial charge in [0.15, 0.2) is 0 Å². The maximum atomic E-state index is 13.3. The number of fused-ring (bicyclic) bond motifs is 1. The summed E-state index contributed by atoms with van der Waals surface area (Å²) in [5, 5.41) is 1.72. The zero-order valence-corrected chi connectivity index (χ0v) is 17.0. The second-order valence-electron chi connectivity index (χ2n) is 6.94. The molecule has 0 spiro atoms. The number of hydrogen-bond acceptors (Lipinski definition) is 1. The highest BCUT2D eigenvalue weighted by molar-refractivity contribution is 9.10. The minimum Gasteiger partial charge on any atom is -0.303 e. The molecule has 4 aromatic rings. The fourth-order valence-corrected chi connectivity index (χ4v) is 3.77. The summed E-state index contributed by atoms with van der Waals surface area (Å²) in [7, 11) is 0. The van der Waals surface area contributed by atoms with Crippen LogP contribution >= 0.6 is 15.9 Å². The smallest absolute Gasteiger partial charge is 0.259 e. The van der Waals surface area contributed by atoms with Crippen LogP contribution in [0.2, 0.25) is 0 Å². The van der Waals surface area contributed by atoms with E-state index in [1.165, 1.54) is 11.1 Å². The Morgan fingerprint density at radius 1 is 0.889 bits per heavy atom. The molecule has 134 valence electrons. The summed E-state index contributed by atoms with van der Waals surface area (Å²) >= 11 is 3.49. The predicted octanol–water partition coefficient (Wildman–Crippen LogP) is 6.10. The molecule has 2 nitrogen and oxygen atoms in total. The van der Waals surface area contributed by atoms with Gasteiger partial charge in [-0.05, 0) is 60.2 Å². The summed E-state index contributed by atoms with van der Waals surface area (Å²) in [5.74, 6) is 0. The lowest BCUT2D eigenvalue weighted by Gasteiger charge is -2.16. The third kappa shape index (κ3) is 3.47. The molecule has 1 aromatic heterocycles. The summed E-state index contributed by atoms with van der Waals surface area (Å²) in [5.41, 5.74) is 5.62. The molecule has 1 heterocycles. The fraction of sp³-hybridized carbons (Fsp3) is 0.125. The zero-order valence-electron chi connectivity index (χ0n) is 15.4. The Morgan fingerprint density at radius 3 is 2.37 bits per heavy atom. The SMILES string of the molecule is Cc1ccc(Cn2c(-c3ccc(Br)cc3)cc3ccccc3c2=O)c(C)c1. The number of aryl methyl sites for hydroxylation is 2. The van der Waals surface area contributed by atoms with Gasteiger partial charge in [0.2, 0.25) is 0 Å². The van der Waals surface area contributed by atoms with Gasteiger partial charge < -0.3 is 4.57 Å². The Kier molecular flexibility index (Phi) is 4.71. The first kappa shape index (κ1) is 17.7. The number of pyridine rings is 1. The van der Waals surface area contributed by atoms with Crippen molar-refractivity contribution >= 4 is 26.7 Å². The van der Waals surface area contributed by atoms with Gasteiger partial charge in [0.25, 0.3) is 5.56 Å². The fourth-order valence-electron chi connectivity index (χ4n) is 3.51. The number of halogens is 1. The third-order valence-electron chi connectivity index (χ3n) is 4.99. The van der Waals surface area contributed by atoms with E-state index in [1.54, 1.807) is 0 Å². The van der Waals surface area contributed by atoms with Crippen LogP contribution in [-0.2, 0) is 6.54 Å². The van der Waals surface area contributed by atoms with Gasteiger partial charge in [-0.2, -0.15) is 0 Å². The molecule has 3 aromatic carbocycles. The highest BCUT2D eigenvalue weighted by Crippen LogP contribution is 2.25. The second kappa shape index (κ2) is 7.16. The molecular formula is C24H20BrNO. The van der Waals surface area contributed by atoms with Gasteiger partial charge in [-0.15, -0.1) is 0 Å². The first-order valence-electron chi connectivity index (χ1n) is 8.97. The molecule has 0 fully saturated rings. The van der Waals surface area contributed by atoms with Crippen LogP contribution in [0.5, 0.6) is 0 Å². The Balaban J connectivity index is 1.96. The van der Waals surface area contributed by atoms with Gasteiger partial charge in [-0.25, -0.2) is 0 Å². The molecule has 0 saturated carbocycles. The molecule has 0 saturated heterocycles. The number of rotatable bonds is 3. The van der Waals surface area contributed by atoms with E-state index in [-0.39, 0.29) is 5.56 Å². The van der Waals surface area contributed by atoms with Gasteiger partial charge in [-0.3, -0.25) is 4.79 Å². The first-order chi connectivity index (χ1) is 13.0. The minimum absolute atomic E-state index is 0.0472. The van der Waals surface area contributed by atoms with Crippen molar-refractivity contribution in [1.29, 1.82) is 0 Å². The third-order valence-corrected chi connectivity index (χ3v) is 5.51. The number of aromatic nitrogens is 1. The summed E-state index contributed by atoms with van der Waals surface area (Å²) in [6.07, 6.45) is 0. The molecule has 0 aliphatic rings. The van der Waals surface area contributed by atoms with Gasteiger partial charge in [0.1, 0.15) is 0 Å². The number of nitrogens with zero attached hydrogens (tertiary/aromatic N) is 1. The van der Waals surface area contributed by atoms with E-state index < -0.39 is 0 Å². The van der Waals surface area contributed by atoms with Crippen LogP contribution in [0.4, 0.5) is 0 Å². The van der Waals surface area contributed by atoms with Crippen LogP contribution in [0.3, 0.4) is 0 Å². The maximum Gasteiger partial charge on any atom is 0.259 e. The van der Waals surface area contributed by atoms with Gasteiger partial charge in [0, 0.05) is 9.86 Å². The molecule has 0 amide bonds. The van der Waals surface area contributed by atoms with Gasteiger partial charge >= 0.3 is 0 Å². The van der Waals surface area contributed by atoms with Crippen molar-refractivity contribution in [3.63, 3.8) is 0 Å². The van der Waals surface area contributed by atoms with Crippen molar-refractivity contribution < 1.29 is 0 Å². The predicted molar refractivity (Wildman–Crippen MR) is 116 cm³/mol. The zero-order chi connectivity index (χ0) is 19.0. The molecule has 0 aliphatic heterocycles. The van der Waals surface area contributed by atoms with Crippen molar-refractivity contribution in [3.05, 3.63) is 104 Å². The molecule has 0 radical (unpaired) electrons. The molecule has 3 heteroatoms. The largest absolute Gasteiger partial charge is 0.303 e. The summed E-state index contributed by atoms with van der Waals surface area (Å²) < 4.78 is 2.92.